The summed E-state index contributed by atoms with van der Waals surface area (Å²) >= 11 is 4.12. The Kier molecular flexibility index (Phi) is 1.59. The van der Waals surface area contributed by atoms with Crippen LogP contribution in [-0.4, -0.2) is 5.11 Å². The number of benzene rings is 1. The predicted octanol–water partition coefficient (Wildman–Crippen LogP) is 1.63. The van der Waals surface area contributed by atoms with E-state index in [2.05, 4.69) is 12.6 Å². The minimum absolute atomic E-state index is 0.237. The van der Waals surface area contributed by atoms with Gasteiger partial charge in [-0.15, -0.1) is 12.6 Å². The number of phenols is 1. The van der Waals surface area contributed by atoms with E-state index in [1.807, 2.05) is 12.1 Å². The van der Waals surface area contributed by atoms with E-state index in [1.54, 1.807) is 6.07 Å². The number of thiol groups is 1. The third kappa shape index (κ3) is 1.09. The third-order valence-electron chi connectivity index (χ3n) is 2.34. The van der Waals surface area contributed by atoms with Crippen molar-refractivity contribution in [2.75, 3.05) is 0 Å². The molecule has 1 aromatic carbocycles. The van der Waals surface area contributed by atoms with Crippen molar-refractivity contribution in [1.82, 2.24) is 0 Å². The maximum atomic E-state index is 9.62. The van der Waals surface area contributed by atoms with Crippen LogP contribution in [0.5, 0.6) is 5.75 Å². The van der Waals surface area contributed by atoms with Crippen molar-refractivity contribution in [2.45, 2.75) is 23.3 Å². The summed E-state index contributed by atoms with van der Waals surface area (Å²) in [5.74, 6) is 0.237. The Morgan fingerprint density at radius 3 is 2.67 bits per heavy atom. The van der Waals surface area contributed by atoms with Crippen LogP contribution in [0.25, 0.3) is 0 Å². The molecule has 1 aliphatic rings. The Hall–Kier alpha value is -0.670. The predicted molar refractivity (Wildman–Crippen MR) is 50.5 cm³/mol. The Morgan fingerprint density at radius 2 is 2.08 bits per heavy atom. The second kappa shape index (κ2) is 2.41. The van der Waals surface area contributed by atoms with Gasteiger partial charge in [0.05, 0.1) is 0 Å². The minimum atomic E-state index is -0.275. The molecule has 2 nitrogen and oxygen atoms in total. The highest BCUT2D eigenvalue weighted by atomic mass is 32.1. The van der Waals surface area contributed by atoms with E-state index in [1.165, 1.54) is 0 Å². The van der Waals surface area contributed by atoms with Crippen LogP contribution in [0.1, 0.15) is 18.4 Å². The molecule has 0 saturated heterocycles. The van der Waals surface area contributed by atoms with E-state index in [4.69, 9.17) is 5.73 Å². The number of rotatable bonds is 1. The topological polar surface area (TPSA) is 46.2 Å². The van der Waals surface area contributed by atoms with Gasteiger partial charge in [0.2, 0.25) is 0 Å². The normalized spacial score (nSPS) is 19.2. The lowest BCUT2D eigenvalue weighted by atomic mass is 10.1. The molecule has 1 saturated carbocycles. The average molecular weight is 181 g/mol. The quantitative estimate of drug-likeness (QED) is 0.577. The highest BCUT2D eigenvalue weighted by molar-refractivity contribution is 7.80. The molecule has 64 valence electrons. The molecule has 1 aromatic rings. The van der Waals surface area contributed by atoms with Gasteiger partial charge < -0.3 is 10.8 Å². The Balaban J connectivity index is 2.51. The lowest BCUT2D eigenvalue weighted by Crippen LogP contribution is -2.18. The first-order valence-electron chi connectivity index (χ1n) is 3.94. The van der Waals surface area contributed by atoms with E-state index < -0.39 is 0 Å². The van der Waals surface area contributed by atoms with E-state index in [-0.39, 0.29) is 11.3 Å². The molecular formula is C9H11NOS. The minimum Gasteiger partial charge on any atom is -0.506 e. The molecule has 12 heavy (non-hydrogen) atoms. The lowest BCUT2D eigenvalue weighted by Gasteiger charge is -2.11. The highest BCUT2D eigenvalue weighted by Gasteiger charge is 2.42. The summed E-state index contributed by atoms with van der Waals surface area (Å²) in [6.45, 7) is 0. The van der Waals surface area contributed by atoms with Gasteiger partial charge in [0, 0.05) is 16.0 Å². The van der Waals surface area contributed by atoms with E-state index in [9.17, 15) is 5.11 Å². The Bertz CT molecular complexity index is 320. The van der Waals surface area contributed by atoms with Gasteiger partial charge in [0.1, 0.15) is 5.75 Å². The van der Waals surface area contributed by atoms with Crippen LogP contribution < -0.4 is 5.73 Å². The van der Waals surface area contributed by atoms with Crippen molar-refractivity contribution in [3.63, 3.8) is 0 Å². The number of nitrogens with two attached hydrogens (primary N) is 1. The molecule has 0 unspecified atom stereocenters. The van der Waals surface area contributed by atoms with Crippen LogP contribution in [0.15, 0.2) is 23.1 Å². The summed E-state index contributed by atoms with van der Waals surface area (Å²) in [6.07, 6.45) is 1.91. The van der Waals surface area contributed by atoms with Gasteiger partial charge in [-0.2, -0.15) is 0 Å². The summed E-state index contributed by atoms with van der Waals surface area (Å²) in [6, 6.07) is 5.49. The molecule has 0 amide bonds. The van der Waals surface area contributed by atoms with Crippen molar-refractivity contribution in [1.29, 1.82) is 0 Å². The number of hydrogen-bond acceptors (Lipinski definition) is 3. The molecule has 3 heteroatoms. The molecule has 1 aliphatic carbocycles. The summed E-state index contributed by atoms with van der Waals surface area (Å²) in [5, 5.41) is 9.62. The standard InChI is InChI=1S/C9H11NOS/c10-9(4-5-9)6-2-1-3-7(12)8(6)11/h1-3,11-12H,4-5,10H2. The summed E-state index contributed by atoms with van der Waals surface area (Å²) < 4.78 is 0. The first-order chi connectivity index (χ1) is 5.63. The lowest BCUT2D eigenvalue weighted by molar-refractivity contribution is 0.447. The zero-order chi connectivity index (χ0) is 8.77. The monoisotopic (exact) mass is 181 g/mol. The second-order valence-electron chi connectivity index (χ2n) is 3.33. The smallest absolute Gasteiger partial charge is 0.133 e. The van der Waals surface area contributed by atoms with E-state index in [0.717, 1.165) is 18.4 Å². The van der Waals surface area contributed by atoms with Crippen LogP contribution in [-0.2, 0) is 5.54 Å². The van der Waals surface area contributed by atoms with Crippen molar-refractivity contribution < 1.29 is 5.11 Å². The van der Waals surface area contributed by atoms with Gasteiger partial charge in [-0.05, 0) is 18.9 Å². The van der Waals surface area contributed by atoms with Crippen molar-refractivity contribution >= 4 is 12.6 Å². The molecule has 0 spiro atoms. The van der Waals surface area contributed by atoms with Gasteiger partial charge >= 0.3 is 0 Å². The van der Waals surface area contributed by atoms with Gasteiger partial charge in [-0.3, -0.25) is 0 Å². The molecule has 2 rings (SSSR count). The summed E-state index contributed by atoms with van der Waals surface area (Å²) in [7, 11) is 0. The first kappa shape index (κ1) is 7.95. The molecular weight excluding hydrogens is 170 g/mol. The summed E-state index contributed by atoms with van der Waals surface area (Å²) in [5.41, 5.74) is 6.50. The second-order valence-corrected chi connectivity index (χ2v) is 3.81. The van der Waals surface area contributed by atoms with Crippen LogP contribution in [0.4, 0.5) is 0 Å². The fraction of sp³-hybridized carbons (Fsp3) is 0.333. The molecule has 0 atom stereocenters. The fourth-order valence-electron chi connectivity index (χ4n) is 1.34. The van der Waals surface area contributed by atoms with Crippen molar-refractivity contribution in [3.8, 4) is 5.75 Å². The number of hydrogen-bond donors (Lipinski definition) is 3. The maximum absolute atomic E-state index is 9.62. The zero-order valence-electron chi connectivity index (χ0n) is 6.62. The van der Waals surface area contributed by atoms with Gasteiger partial charge in [0.15, 0.2) is 0 Å². The number of para-hydroxylation sites is 1. The molecule has 0 radical (unpaired) electrons. The van der Waals surface area contributed by atoms with Crippen LogP contribution >= 0.6 is 12.6 Å². The van der Waals surface area contributed by atoms with Crippen LogP contribution in [0.2, 0.25) is 0 Å². The zero-order valence-corrected chi connectivity index (χ0v) is 7.51. The fourth-order valence-corrected chi connectivity index (χ4v) is 1.54. The SMILES string of the molecule is NC1(c2cccc(S)c2O)CC1. The molecule has 0 aliphatic heterocycles. The molecule has 0 bridgehead atoms. The summed E-state index contributed by atoms with van der Waals surface area (Å²) in [4.78, 5) is 0.601. The number of phenolic OH excluding ortho intramolecular Hbond substituents is 1. The maximum Gasteiger partial charge on any atom is 0.133 e. The average Bonchev–Trinajstić information content (AvgIpc) is 2.75. The van der Waals surface area contributed by atoms with Crippen LogP contribution in [0.3, 0.4) is 0 Å². The molecule has 0 aromatic heterocycles. The van der Waals surface area contributed by atoms with Crippen molar-refractivity contribution in [2.24, 2.45) is 5.73 Å². The van der Waals surface area contributed by atoms with Crippen LogP contribution in [0, 0.1) is 0 Å². The number of aromatic hydroxyl groups is 1. The van der Waals surface area contributed by atoms with Gasteiger partial charge in [-0.25, -0.2) is 0 Å². The van der Waals surface area contributed by atoms with Crippen molar-refractivity contribution in [3.05, 3.63) is 23.8 Å². The molecule has 1 fully saturated rings. The molecule has 3 N–H and O–H groups in total. The Labute approximate surface area is 76.8 Å². The van der Waals surface area contributed by atoms with Gasteiger partial charge in [-0.1, -0.05) is 12.1 Å². The van der Waals surface area contributed by atoms with E-state index >= 15 is 0 Å². The van der Waals surface area contributed by atoms with E-state index in [0.29, 0.717) is 4.90 Å². The largest absolute Gasteiger partial charge is 0.506 e. The first-order valence-corrected chi connectivity index (χ1v) is 4.38. The third-order valence-corrected chi connectivity index (χ3v) is 2.70. The Morgan fingerprint density at radius 1 is 1.42 bits per heavy atom. The van der Waals surface area contributed by atoms with Gasteiger partial charge in [0.25, 0.3) is 0 Å². The molecule has 0 heterocycles. The highest BCUT2D eigenvalue weighted by Crippen LogP contribution is 2.47.